The Morgan fingerprint density at radius 3 is 2.59 bits per heavy atom. The van der Waals surface area contributed by atoms with Crippen molar-refractivity contribution in [3.8, 4) is 22.3 Å². The number of fused-ring (bicyclic) bond motifs is 2. The number of amides is 1. The summed E-state index contributed by atoms with van der Waals surface area (Å²) in [5, 5.41) is 5.00. The first-order valence-electron chi connectivity index (χ1n) is 11.2. The molecule has 0 bridgehead atoms. The second kappa shape index (κ2) is 7.19. The Hall–Kier alpha value is -3.62. The van der Waals surface area contributed by atoms with E-state index in [1.54, 1.807) is 28.0 Å². The average Bonchev–Trinajstić information content (AvgIpc) is 3.29. The van der Waals surface area contributed by atoms with Crippen LogP contribution >= 0.6 is 0 Å². The SMILES string of the molecule is C[C@@H](C1CC1)N1Cc2cc(-c3cnc4[nH]cc(-c5cnn(C)c5)c4c3)cc(C(F)(F)F)c2C1=O. The van der Waals surface area contributed by atoms with Crippen molar-refractivity contribution in [2.45, 2.75) is 38.5 Å². The summed E-state index contributed by atoms with van der Waals surface area (Å²) in [5.74, 6) is -0.149. The highest BCUT2D eigenvalue weighted by Crippen LogP contribution is 2.43. The predicted octanol–water partition coefficient (Wildman–Crippen LogP) is 5.40. The number of alkyl halides is 3. The molecule has 6 rings (SSSR count). The first-order chi connectivity index (χ1) is 16.2. The van der Waals surface area contributed by atoms with E-state index in [2.05, 4.69) is 15.1 Å². The fraction of sp³-hybridized carbons (Fsp3) is 0.320. The molecule has 9 heteroatoms. The van der Waals surface area contributed by atoms with Gasteiger partial charge in [-0.3, -0.25) is 9.48 Å². The molecule has 0 unspecified atom stereocenters. The molecule has 174 valence electrons. The van der Waals surface area contributed by atoms with Gasteiger partial charge < -0.3 is 9.88 Å². The molecule has 1 amide bonds. The van der Waals surface area contributed by atoms with Crippen molar-refractivity contribution in [3.63, 3.8) is 0 Å². The summed E-state index contributed by atoms with van der Waals surface area (Å²) in [6, 6.07) is 4.57. The van der Waals surface area contributed by atoms with Crippen LogP contribution in [-0.2, 0) is 19.8 Å². The number of carbonyl (C=O) groups excluding carboxylic acids is 1. The summed E-state index contributed by atoms with van der Waals surface area (Å²) >= 11 is 0. The molecule has 1 atom stereocenters. The highest BCUT2D eigenvalue weighted by molar-refractivity contribution is 6.01. The van der Waals surface area contributed by atoms with Crippen LogP contribution in [-0.4, -0.2) is 36.6 Å². The fourth-order valence-electron chi connectivity index (χ4n) is 4.99. The molecule has 1 aliphatic carbocycles. The van der Waals surface area contributed by atoms with Gasteiger partial charge in [-0.25, -0.2) is 4.98 Å². The van der Waals surface area contributed by atoms with E-state index < -0.39 is 17.6 Å². The summed E-state index contributed by atoms with van der Waals surface area (Å²) in [6.07, 6.45) is 4.37. The molecule has 0 radical (unpaired) electrons. The van der Waals surface area contributed by atoms with Gasteiger partial charge in [0.1, 0.15) is 5.65 Å². The van der Waals surface area contributed by atoms with Crippen molar-refractivity contribution in [2.24, 2.45) is 13.0 Å². The lowest BCUT2D eigenvalue weighted by molar-refractivity contribution is -0.137. The minimum Gasteiger partial charge on any atom is -0.346 e. The Kier molecular flexibility index (Phi) is 4.43. The molecule has 34 heavy (non-hydrogen) atoms. The van der Waals surface area contributed by atoms with Crippen molar-refractivity contribution in [1.29, 1.82) is 0 Å². The highest BCUT2D eigenvalue weighted by Gasteiger charge is 2.44. The van der Waals surface area contributed by atoms with Crippen LogP contribution in [0.5, 0.6) is 0 Å². The number of rotatable bonds is 4. The summed E-state index contributed by atoms with van der Waals surface area (Å²) in [6.45, 7) is 2.13. The molecule has 3 aromatic heterocycles. The smallest absolute Gasteiger partial charge is 0.346 e. The third kappa shape index (κ3) is 3.29. The Labute approximate surface area is 193 Å². The van der Waals surface area contributed by atoms with Crippen molar-refractivity contribution >= 4 is 16.9 Å². The molecule has 0 spiro atoms. The minimum absolute atomic E-state index is 0.0654. The summed E-state index contributed by atoms with van der Waals surface area (Å²) < 4.78 is 44.0. The summed E-state index contributed by atoms with van der Waals surface area (Å²) in [5.41, 5.74) is 2.68. The maximum absolute atomic E-state index is 14.1. The van der Waals surface area contributed by atoms with Crippen molar-refractivity contribution in [3.05, 3.63) is 59.7 Å². The van der Waals surface area contributed by atoms with E-state index in [1.807, 2.05) is 32.4 Å². The Morgan fingerprint density at radius 1 is 1.12 bits per heavy atom. The van der Waals surface area contributed by atoms with E-state index >= 15 is 0 Å². The van der Waals surface area contributed by atoms with Gasteiger partial charge in [-0.15, -0.1) is 0 Å². The fourth-order valence-corrected chi connectivity index (χ4v) is 4.99. The van der Waals surface area contributed by atoms with Crippen molar-refractivity contribution < 1.29 is 18.0 Å². The van der Waals surface area contributed by atoms with Crippen LogP contribution in [0.3, 0.4) is 0 Å². The van der Waals surface area contributed by atoms with Crippen LogP contribution in [0.15, 0.2) is 43.0 Å². The summed E-state index contributed by atoms with van der Waals surface area (Å²) in [7, 11) is 1.82. The molecule has 1 aliphatic heterocycles. The van der Waals surface area contributed by atoms with Crippen LogP contribution in [0, 0.1) is 5.92 Å². The summed E-state index contributed by atoms with van der Waals surface area (Å²) in [4.78, 5) is 22.2. The number of nitrogens with zero attached hydrogens (tertiary/aromatic N) is 4. The zero-order valence-corrected chi connectivity index (χ0v) is 18.6. The van der Waals surface area contributed by atoms with Crippen molar-refractivity contribution in [2.75, 3.05) is 0 Å². The minimum atomic E-state index is -4.64. The van der Waals surface area contributed by atoms with Gasteiger partial charge in [0.2, 0.25) is 0 Å². The monoisotopic (exact) mass is 465 g/mol. The molecule has 4 heterocycles. The highest BCUT2D eigenvalue weighted by atomic mass is 19.4. The van der Waals surface area contributed by atoms with E-state index in [0.29, 0.717) is 28.3 Å². The zero-order chi connectivity index (χ0) is 23.8. The first kappa shape index (κ1) is 20.9. The number of aromatic nitrogens is 4. The van der Waals surface area contributed by atoms with Gasteiger partial charge in [-0.2, -0.15) is 18.3 Å². The first-order valence-corrected chi connectivity index (χ1v) is 11.2. The van der Waals surface area contributed by atoms with Gasteiger partial charge in [0.05, 0.1) is 17.3 Å². The molecule has 1 N–H and O–H groups in total. The van der Waals surface area contributed by atoms with Gasteiger partial charge in [0.15, 0.2) is 0 Å². The van der Waals surface area contributed by atoms with E-state index in [0.717, 1.165) is 35.4 Å². The second-order valence-electron chi connectivity index (χ2n) is 9.29. The number of pyridine rings is 1. The molecule has 1 aromatic carbocycles. The Morgan fingerprint density at radius 2 is 1.91 bits per heavy atom. The quantitative estimate of drug-likeness (QED) is 0.439. The lowest BCUT2D eigenvalue weighted by Crippen LogP contribution is -2.35. The van der Waals surface area contributed by atoms with Crippen LogP contribution in [0.25, 0.3) is 33.3 Å². The van der Waals surface area contributed by atoms with E-state index in [-0.39, 0.29) is 18.2 Å². The number of aromatic amines is 1. The Balaban J connectivity index is 1.47. The van der Waals surface area contributed by atoms with E-state index in [9.17, 15) is 18.0 Å². The largest absolute Gasteiger partial charge is 0.417 e. The number of aryl methyl sites for hydroxylation is 1. The maximum atomic E-state index is 14.1. The number of hydrogen-bond acceptors (Lipinski definition) is 3. The normalized spacial score (nSPS) is 17.0. The van der Waals surface area contributed by atoms with E-state index in [1.165, 1.54) is 0 Å². The number of halogens is 3. The Bertz CT molecular complexity index is 1450. The molecule has 1 saturated carbocycles. The number of benzene rings is 1. The van der Waals surface area contributed by atoms with Crippen molar-refractivity contribution in [1.82, 2.24) is 24.6 Å². The van der Waals surface area contributed by atoms with Gasteiger partial charge in [-0.05, 0) is 55.0 Å². The van der Waals surface area contributed by atoms with Gasteiger partial charge in [0, 0.05) is 60.3 Å². The molecule has 1 fully saturated rings. The number of hydrogen-bond donors (Lipinski definition) is 1. The predicted molar refractivity (Wildman–Crippen MR) is 121 cm³/mol. The number of H-pyrrole nitrogens is 1. The number of carbonyl (C=O) groups is 1. The molecule has 4 aromatic rings. The van der Waals surface area contributed by atoms with Crippen LogP contribution < -0.4 is 0 Å². The van der Waals surface area contributed by atoms with Crippen LogP contribution in [0.2, 0.25) is 0 Å². The lowest BCUT2D eigenvalue weighted by Gasteiger charge is -2.24. The van der Waals surface area contributed by atoms with Gasteiger partial charge in [-0.1, -0.05) is 0 Å². The van der Waals surface area contributed by atoms with Gasteiger partial charge >= 0.3 is 6.18 Å². The number of nitrogens with one attached hydrogen (secondary N) is 1. The van der Waals surface area contributed by atoms with E-state index in [4.69, 9.17) is 0 Å². The molecular formula is C25H22F3N5O. The topological polar surface area (TPSA) is 66.8 Å². The zero-order valence-electron chi connectivity index (χ0n) is 18.6. The van der Waals surface area contributed by atoms with Gasteiger partial charge in [0.25, 0.3) is 5.91 Å². The standard InChI is InChI=1S/C25H22F3N5O/c1-13(14-3-4-14)33-12-17-5-15(7-21(25(26,27)28)22(17)24(33)34)16-6-19-20(10-30-23(19)29-8-16)18-9-31-32(2)11-18/h5-11,13-14H,3-4,12H2,1-2H3,(H,29,30)/t13-/m0/s1. The van der Waals surface area contributed by atoms with Crippen LogP contribution in [0.4, 0.5) is 13.2 Å². The average molecular weight is 465 g/mol. The molecule has 0 saturated heterocycles. The third-order valence-corrected chi connectivity index (χ3v) is 7.02. The third-order valence-electron chi connectivity index (χ3n) is 7.02. The molecular weight excluding hydrogens is 443 g/mol. The molecule has 6 nitrogen and oxygen atoms in total. The molecule has 2 aliphatic rings. The second-order valence-corrected chi connectivity index (χ2v) is 9.29. The lowest BCUT2D eigenvalue weighted by atomic mass is 9.95. The van der Waals surface area contributed by atoms with Crippen LogP contribution in [0.1, 0.15) is 41.3 Å². The maximum Gasteiger partial charge on any atom is 0.417 e.